The number of nitrogens with one attached hydrogen (secondary N) is 1. The van der Waals surface area contributed by atoms with E-state index >= 15 is 0 Å². The van der Waals surface area contributed by atoms with Crippen LogP contribution >= 0.6 is 0 Å². The zero-order valence-corrected chi connectivity index (χ0v) is 13.0. The number of rotatable bonds is 3. The second-order valence-corrected chi connectivity index (χ2v) is 8.51. The van der Waals surface area contributed by atoms with Crippen molar-refractivity contribution in [2.24, 2.45) is 5.41 Å². The molecule has 2 rings (SSSR count). The number of benzene rings is 1. The van der Waals surface area contributed by atoms with Crippen LogP contribution in [-0.2, 0) is 9.84 Å². The Bertz CT molecular complexity index is 576. The molecule has 1 fully saturated rings. The average Bonchev–Trinajstić information content (AvgIpc) is 2.60. The van der Waals surface area contributed by atoms with Crippen LogP contribution < -0.4 is 5.32 Å². The topological polar surface area (TPSA) is 46.2 Å². The molecule has 0 radical (unpaired) electrons. The smallest absolute Gasteiger partial charge is 0.175 e. The molecule has 1 saturated carbocycles. The van der Waals surface area contributed by atoms with Gasteiger partial charge >= 0.3 is 0 Å². The van der Waals surface area contributed by atoms with Crippen molar-refractivity contribution in [2.75, 3.05) is 11.6 Å². The molecule has 0 aliphatic heterocycles. The minimum absolute atomic E-state index is 0.387. The van der Waals surface area contributed by atoms with E-state index in [1.807, 2.05) is 13.0 Å². The molecular weight excluding hydrogens is 258 g/mol. The highest BCUT2D eigenvalue weighted by atomic mass is 32.2. The molecule has 1 atom stereocenters. The normalized spacial score (nSPS) is 22.4. The number of aryl methyl sites for hydroxylation is 1. The van der Waals surface area contributed by atoms with E-state index in [1.165, 1.54) is 12.7 Å². The number of sulfone groups is 1. The van der Waals surface area contributed by atoms with Gasteiger partial charge in [-0.05, 0) is 49.3 Å². The molecule has 1 aliphatic carbocycles. The van der Waals surface area contributed by atoms with Crippen molar-refractivity contribution in [3.8, 4) is 0 Å². The molecule has 19 heavy (non-hydrogen) atoms. The van der Waals surface area contributed by atoms with E-state index in [4.69, 9.17) is 0 Å². The van der Waals surface area contributed by atoms with Crippen molar-refractivity contribution in [1.29, 1.82) is 0 Å². The van der Waals surface area contributed by atoms with Crippen molar-refractivity contribution in [2.45, 2.75) is 51.0 Å². The summed E-state index contributed by atoms with van der Waals surface area (Å²) in [4.78, 5) is 0.387. The zero-order valence-electron chi connectivity index (χ0n) is 12.2. The summed E-state index contributed by atoms with van der Waals surface area (Å²) in [6, 6.07) is 5.76. The summed E-state index contributed by atoms with van der Waals surface area (Å²) in [6.07, 6.45) is 4.75. The summed E-state index contributed by atoms with van der Waals surface area (Å²) in [5.74, 6) is 0. The molecule has 1 aromatic carbocycles. The number of anilines is 1. The van der Waals surface area contributed by atoms with Gasteiger partial charge in [-0.1, -0.05) is 19.9 Å². The molecule has 0 aromatic heterocycles. The predicted octanol–water partition coefficient (Wildman–Crippen LogP) is 3.39. The summed E-state index contributed by atoms with van der Waals surface area (Å²) in [7, 11) is -3.14. The maximum Gasteiger partial charge on any atom is 0.175 e. The first-order valence-electron chi connectivity index (χ1n) is 6.75. The largest absolute Gasteiger partial charge is 0.382 e. The Labute approximate surface area is 116 Å². The van der Waals surface area contributed by atoms with Crippen LogP contribution in [0, 0.1) is 12.3 Å². The van der Waals surface area contributed by atoms with Gasteiger partial charge in [-0.15, -0.1) is 0 Å². The highest BCUT2D eigenvalue weighted by Crippen LogP contribution is 2.38. The summed E-state index contributed by atoms with van der Waals surface area (Å²) < 4.78 is 23.2. The van der Waals surface area contributed by atoms with Gasteiger partial charge in [0.2, 0.25) is 0 Å². The van der Waals surface area contributed by atoms with Crippen molar-refractivity contribution in [3.05, 3.63) is 23.8 Å². The van der Waals surface area contributed by atoms with E-state index in [0.29, 0.717) is 16.4 Å². The second-order valence-electron chi connectivity index (χ2n) is 6.50. The van der Waals surface area contributed by atoms with Crippen LogP contribution in [0.5, 0.6) is 0 Å². The summed E-state index contributed by atoms with van der Waals surface area (Å²) in [6.45, 7) is 6.58. The molecule has 1 N–H and O–H groups in total. The lowest BCUT2D eigenvalue weighted by molar-refractivity contribution is 0.378. The Morgan fingerprint density at radius 3 is 2.53 bits per heavy atom. The van der Waals surface area contributed by atoms with Crippen LogP contribution in [0.2, 0.25) is 0 Å². The monoisotopic (exact) mass is 281 g/mol. The molecule has 1 aromatic rings. The van der Waals surface area contributed by atoms with Gasteiger partial charge in [0.25, 0.3) is 0 Å². The highest BCUT2D eigenvalue weighted by Gasteiger charge is 2.30. The first kappa shape index (κ1) is 14.4. The molecule has 106 valence electrons. The van der Waals surface area contributed by atoms with Gasteiger partial charge in [-0.2, -0.15) is 0 Å². The molecular formula is C15H23NO2S. The number of hydrogen-bond donors (Lipinski definition) is 1. The Kier molecular flexibility index (Phi) is 3.65. The Balaban J connectivity index is 2.21. The maximum atomic E-state index is 11.6. The van der Waals surface area contributed by atoms with Crippen LogP contribution in [0.3, 0.4) is 0 Å². The quantitative estimate of drug-likeness (QED) is 0.923. The van der Waals surface area contributed by atoms with Crippen molar-refractivity contribution < 1.29 is 8.42 Å². The molecule has 0 amide bonds. The first-order valence-corrected chi connectivity index (χ1v) is 8.64. The van der Waals surface area contributed by atoms with Crippen molar-refractivity contribution >= 4 is 15.5 Å². The molecule has 0 bridgehead atoms. The zero-order chi connectivity index (χ0) is 14.3. The minimum Gasteiger partial charge on any atom is -0.382 e. The van der Waals surface area contributed by atoms with E-state index in [9.17, 15) is 8.42 Å². The van der Waals surface area contributed by atoms with Gasteiger partial charge in [0, 0.05) is 18.0 Å². The van der Waals surface area contributed by atoms with Crippen LogP contribution in [0.1, 0.15) is 38.7 Å². The summed E-state index contributed by atoms with van der Waals surface area (Å²) >= 11 is 0. The summed E-state index contributed by atoms with van der Waals surface area (Å²) in [5, 5.41) is 3.51. The lowest BCUT2D eigenvalue weighted by Gasteiger charge is -2.20. The van der Waals surface area contributed by atoms with Gasteiger partial charge in [0.1, 0.15) is 0 Å². The summed E-state index contributed by atoms with van der Waals surface area (Å²) in [5.41, 5.74) is 2.43. The van der Waals surface area contributed by atoms with Crippen LogP contribution in [-0.4, -0.2) is 20.7 Å². The lowest BCUT2D eigenvalue weighted by Crippen LogP contribution is -2.18. The Morgan fingerprint density at radius 1 is 1.32 bits per heavy atom. The van der Waals surface area contributed by atoms with Gasteiger partial charge in [0.15, 0.2) is 9.84 Å². The third kappa shape index (κ3) is 3.50. The standard InChI is InChI=1S/C15H23NO2S/c1-11-5-6-13(19(4,17)18)9-14(11)16-12-7-8-15(2,3)10-12/h5-6,9,12,16H,7-8,10H2,1-4H3. The van der Waals surface area contributed by atoms with Crippen LogP contribution in [0.25, 0.3) is 0 Å². The van der Waals surface area contributed by atoms with Crippen LogP contribution in [0.4, 0.5) is 5.69 Å². The van der Waals surface area contributed by atoms with Gasteiger partial charge < -0.3 is 5.32 Å². The van der Waals surface area contributed by atoms with Crippen molar-refractivity contribution in [1.82, 2.24) is 0 Å². The fourth-order valence-electron chi connectivity index (χ4n) is 2.77. The molecule has 1 unspecified atom stereocenters. The van der Waals surface area contributed by atoms with E-state index in [1.54, 1.807) is 12.1 Å². The SMILES string of the molecule is Cc1ccc(S(C)(=O)=O)cc1NC1CCC(C)(C)C1. The average molecular weight is 281 g/mol. The highest BCUT2D eigenvalue weighted by molar-refractivity contribution is 7.90. The third-order valence-corrected chi connectivity index (χ3v) is 5.08. The number of hydrogen-bond acceptors (Lipinski definition) is 3. The van der Waals surface area contributed by atoms with E-state index in [0.717, 1.165) is 24.1 Å². The van der Waals surface area contributed by atoms with Gasteiger partial charge in [0.05, 0.1) is 4.90 Å². The molecule has 0 saturated heterocycles. The molecule has 1 aliphatic rings. The second kappa shape index (κ2) is 4.82. The first-order chi connectivity index (χ1) is 8.67. The molecule has 4 heteroatoms. The third-order valence-electron chi connectivity index (χ3n) is 3.97. The van der Waals surface area contributed by atoms with Gasteiger partial charge in [-0.25, -0.2) is 8.42 Å². The fourth-order valence-corrected chi connectivity index (χ4v) is 3.41. The predicted molar refractivity (Wildman–Crippen MR) is 79.3 cm³/mol. The Morgan fingerprint density at radius 2 is 2.00 bits per heavy atom. The molecule has 0 spiro atoms. The fraction of sp³-hybridized carbons (Fsp3) is 0.600. The lowest BCUT2D eigenvalue weighted by atomic mass is 9.92. The van der Waals surface area contributed by atoms with E-state index in [-0.39, 0.29) is 0 Å². The minimum atomic E-state index is -3.14. The molecule has 0 heterocycles. The van der Waals surface area contributed by atoms with Crippen molar-refractivity contribution in [3.63, 3.8) is 0 Å². The van der Waals surface area contributed by atoms with E-state index < -0.39 is 9.84 Å². The Hall–Kier alpha value is -1.03. The van der Waals surface area contributed by atoms with Gasteiger partial charge in [-0.3, -0.25) is 0 Å². The maximum absolute atomic E-state index is 11.6. The van der Waals surface area contributed by atoms with Crippen LogP contribution in [0.15, 0.2) is 23.1 Å². The van der Waals surface area contributed by atoms with E-state index in [2.05, 4.69) is 19.2 Å². The molecule has 3 nitrogen and oxygen atoms in total.